The van der Waals surface area contributed by atoms with E-state index in [1.54, 1.807) is 12.1 Å². The summed E-state index contributed by atoms with van der Waals surface area (Å²) in [4.78, 5) is 6.78. The molecule has 1 fully saturated rings. The molecule has 1 aromatic heterocycles. The average molecular weight is 312 g/mol. The first kappa shape index (κ1) is 16.2. The van der Waals surface area contributed by atoms with Crippen molar-refractivity contribution in [3.63, 3.8) is 0 Å². The Morgan fingerprint density at radius 3 is 2.67 bits per heavy atom. The Hall–Kier alpha value is -1.18. The molecular formula is C14H24N4O2S. The van der Waals surface area contributed by atoms with Gasteiger partial charge in [0.15, 0.2) is 0 Å². The Labute approximate surface area is 127 Å². The first-order valence-electron chi connectivity index (χ1n) is 7.07. The highest BCUT2D eigenvalue weighted by atomic mass is 32.2. The Morgan fingerprint density at radius 1 is 1.43 bits per heavy atom. The van der Waals surface area contributed by atoms with E-state index in [-0.39, 0.29) is 10.3 Å². The molecule has 0 saturated carbocycles. The number of nitrogens with one attached hydrogen (secondary N) is 1. The maximum absolute atomic E-state index is 12.0. The molecule has 21 heavy (non-hydrogen) atoms. The summed E-state index contributed by atoms with van der Waals surface area (Å²) in [7, 11) is 1.60. The average Bonchev–Trinajstić information content (AvgIpc) is 2.81. The zero-order valence-electron chi connectivity index (χ0n) is 13.1. The normalized spacial score (nSPS) is 23.0. The topological polar surface area (TPSA) is 65.5 Å². The van der Waals surface area contributed by atoms with Crippen molar-refractivity contribution >= 4 is 15.8 Å². The SMILES string of the molecule is CNCC1(C)CCN(c2ccc(S(=O)(=O)N(C)C)cn2)C1. The molecule has 0 amide bonds. The molecule has 7 heteroatoms. The molecule has 1 unspecified atom stereocenters. The number of pyridine rings is 1. The molecule has 1 aromatic rings. The van der Waals surface area contributed by atoms with Crippen molar-refractivity contribution in [2.24, 2.45) is 5.41 Å². The lowest BCUT2D eigenvalue weighted by Crippen LogP contribution is -2.33. The van der Waals surface area contributed by atoms with E-state index in [1.807, 2.05) is 7.05 Å². The van der Waals surface area contributed by atoms with E-state index >= 15 is 0 Å². The molecule has 1 N–H and O–H groups in total. The number of aromatic nitrogens is 1. The number of sulfonamides is 1. The zero-order chi connectivity index (χ0) is 15.7. The fourth-order valence-corrected chi connectivity index (χ4v) is 3.56. The smallest absolute Gasteiger partial charge is 0.244 e. The lowest BCUT2D eigenvalue weighted by Gasteiger charge is -2.24. The van der Waals surface area contributed by atoms with E-state index in [2.05, 4.69) is 22.1 Å². The van der Waals surface area contributed by atoms with Crippen LogP contribution in [0.4, 0.5) is 5.82 Å². The minimum atomic E-state index is -3.41. The van der Waals surface area contributed by atoms with Crippen molar-refractivity contribution in [2.75, 3.05) is 45.7 Å². The summed E-state index contributed by atoms with van der Waals surface area (Å²) in [5, 5.41) is 3.23. The Kier molecular flexibility index (Phi) is 4.55. The summed E-state index contributed by atoms with van der Waals surface area (Å²) in [6.07, 6.45) is 2.55. The van der Waals surface area contributed by atoms with Gasteiger partial charge in [0.25, 0.3) is 0 Å². The molecule has 1 atom stereocenters. The molecule has 0 aliphatic carbocycles. The highest BCUT2D eigenvalue weighted by Crippen LogP contribution is 2.32. The second-order valence-electron chi connectivity index (χ2n) is 6.15. The quantitative estimate of drug-likeness (QED) is 0.870. The second-order valence-corrected chi connectivity index (χ2v) is 8.30. The number of rotatable bonds is 5. The molecule has 0 aromatic carbocycles. The van der Waals surface area contributed by atoms with Gasteiger partial charge in [0.2, 0.25) is 10.0 Å². The van der Waals surface area contributed by atoms with Gasteiger partial charge in [-0.3, -0.25) is 0 Å². The van der Waals surface area contributed by atoms with Gasteiger partial charge in [-0.1, -0.05) is 6.92 Å². The summed E-state index contributed by atoms with van der Waals surface area (Å²) < 4.78 is 25.2. The first-order valence-corrected chi connectivity index (χ1v) is 8.51. The molecule has 6 nitrogen and oxygen atoms in total. The minimum absolute atomic E-state index is 0.230. The van der Waals surface area contributed by atoms with Crippen molar-refractivity contribution in [3.05, 3.63) is 18.3 Å². The number of hydrogen-bond donors (Lipinski definition) is 1. The lowest BCUT2D eigenvalue weighted by molar-refractivity contribution is 0.356. The summed E-state index contributed by atoms with van der Waals surface area (Å²) >= 11 is 0. The van der Waals surface area contributed by atoms with E-state index in [0.29, 0.717) is 0 Å². The zero-order valence-corrected chi connectivity index (χ0v) is 13.9. The molecule has 2 rings (SSSR count). The first-order chi connectivity index (χ1) is 9.78. The van der Waals surface area contributed by atoms with Crippen LogP contribution >= 0.6 is 0 Å². The van der Waals surface area contributed by atoms with Gasteiger partial charge < -0.3 is 10.2 Å². The van der Waals surface area contributed by atoms with Crippen LogP contribution in [0.25, 0.3) is 0 Å². The molecule has 0 bridgehead atoms. The number of nitrogens with zero attached hydrogens (tertiary/aromatic N) is 3. The molecule has 0 radical (unpaired) electrons. The van der Waals surface area contributed by atoms with Gasteiger partial charge in [-0.2, -0.15) is 0 Å². The minimum Gasteiger partial charge on any atom is -0.356 e. The highest BCUT2D eigenvalue weighted by Gasteiger charge is 2.33. The van der Waals surface area contributed by atoms with Gasteiger partial charge in [0.1, 0.15) is 10.7 Å². The van der Waals surface area contributed by atoms with Crippen molar-refractivity contribution in [1.29, 1.82) is 0 Å². The van der Waals surface area contributed by atoms with Gasteiger partial charge in [0.05, 0.1) is 0 Å². The predicted molar refractivity (Wildman–Crippen MR) is 84.0 cm³/mol. The Morgan fingerprint density at radius 2 is 2.14 bits per heavy atom. The van der Waals surface area contributed by atoms with Crippen LogP contribution in [0, 0.1) is 5.41 Å². The molecule has 0 spiro atoms. The van der Waals surface area contributed by atoms with Crippen molar-refractivity contribution < 1.29 is 8.42 Å². The number of hydrogen-bond acceptors (Lipinski definition) is 5. The molecule has 1 saturated heterocycles. The van der Waals surface area contributed by atoms with E-state index in [0.717, 1.165) is 31.9 Å². The maximum Gasteiger partial charge on any atom is 0.244 e. The molecule has 2 heterocycles. The summed E-state index contributed by atoms with van der Waals surface area (Å²) in [5.41, 5.74) is 0.241. The predicted octanol–water partition coefficient (Wildman–Crippen LogP) is 0.768. The number of anilines is 1. The van der Waals surface area contributed by atoms with Gasteiger partial charge in [-0.05, 0) is 31.0 Å². The van der Waals surface area contributed by atoms with Gasteiger partial charge in [-0.25, -0.2) is 17.7 Å². The van der Waals surface area contributed by atoms with Crippen LogP contribution in [0.3, 0.4) is 0 Å². The van der Waals surface area contributed by atoms with Crippen LogP contribution in [0.15, 0.2) is 23.2 Å². The fraction of sp³-hybridized carbons (Fsp3) is 0.643. The van der Waals surface area contributed by atoms with Crippen LogP contribution in [0.1, 0.15) is 13.3 Å². The van der Waals surface area contributed by atoms with Crippen molar-refractivity contribution in [1.82, 2.24) is 14.6 Å². The standard InChI is InChI=1S/C14H24N4O2S/c1-14(10-15-2)7-8-18(11-14)13-6-5-12(9-16-13)21(19,20)17(3)4/h5-6,9,15H,7-8,10-11H2,1-4H3. The molecule has 1 aliphatic rings. The highest BCUT2D eigenvalue weighted by molar-refractivity contribution is 7.89. The van der Waals surface area contributed by atoms with Crippen LogP contribution in [-0.4, -0.2) is 58.5 Å². The Balaban J connectivity index is 2.14. The van der Waals surface area contributed by atoms with E-state index < -0.39 is 10.0 Å². The van der Waals surface area contributed by atoms with E-state index in [9.17, 15) is 8.42 Å². The van der Waals surface area contributed by atoms with Crippen LogP contribution in [0.5, 0.6) is 0 Å². The monoisotopic (exact) mass is 312 g/mol. The molecule has 1 aliphatic heterocycles. The van der Waals surface area contributed by atoms with Crippen LogP contribution < -0.4 is 10.2 Å². The van der Waals surface area contributed by atoms with Crippen LogP contribution in [0.2, 0.25) is 0 Å². The Bertz CT molecular complexity index is 585. The maximum atomic E-state index is 12.0. The third-order valence-corrected chi connectivity index (χ3v) is 5.78. The third-order valence-electron chi connectivity index (χ3n) is 3.98. The van der Waals surface area contributed by atoms with Crippen molar-refractivity contribution in [3.8, 4) is 0 Å². The molecule has 118 valence electrons. The third kappa shape index (κ3) is 3.36. The summed E-state index contributed by atoms with van der Waals surface area (Å²) in [6.45, 7) is 5.11. The van der Waals surface area contributed by atoms with Gasteiger partial charge in [0, 0.05) is 39.9 Å². The second kappa shape index (κ2) is 5.90. The summed E-state index contributed by atoms with van der Waals surface area (Å²) in [6, 6.07) is 3.42. The van der Waals surface area contributed by atoms with E-state index in [4.69, 9.17) is 0 Å². The van der Waals surface area contributed by atoms with Crippen molar-refractivity contribution in [2.45, 2.75) is 18.2 Å². The van der Waals surface area contributed by atoms with E-state index in [1.165, 1.54) is 24.6 Å². The summed E-state index contributed by atoms with van der Waals surface area (Å²) in [5.74, 6) is 0.840. The van der Waals surface area contributed by atoms with Crippen LogP contribution in [-0.2, 0) is 10.0 Å². The van der Waals surface area contributed by atoms with Gasteiger partial charge in [-0.15, -0.1) is 0 Å². The van der Waals surface area contributed by atoms with Gasteiger partial charge >= 0.3 is 0 Å². The fourth-order valence-electron chi connectivity index (χ4n) is 2.71. The molecular weight excluding hydrogens is 288 g/mol. The lowest BCUT2D eigenvalue weighted by atomic mass is 9.90. The largest absolute Gasteiger partial charge is 0.356 e.